The Balaban J connectivity index is 2.27. The minimum Gasteiger partial charge on any atom is -0.479 e. The normalized spacial score (nSPS) is 18.1. The summed E-state index contributed by atoms with van der Waals surface area (Å²) >= 11 is 0. The predicted octanol–water partition coefficient (Wildman–Crippen LogP) is 2.35. The SMILES string of the molecule is CCc1ccc(S(=O)(=O)OC2(C(=O)O)CCCC2)cc1. The van der Waals surface area contributed by atoms with E-state index in [0.717, 1.165) is 12.0 Å². The molecule has 1 aromatic carbocycles. The van der Waals surface area contributed by atoms with Gasteiger partial charge in [-0.15, -0.1) is 0 Å². The van der Waals surface area contributed by atoms with E-state index in [2.05, 4.69) is 0 Å². The number of rotatable bonds is 5. The second kappa shape index (κ2) is 5.54. The Morgan fingerprint density at radius 1 is 1.25 bits per heavy atom. The molecule has 110 valence electrons. The zero-order valence-corrected chi connectivity index (χ0v) is 12.1. The lowest BCUT2D eigenvalue weighted by Crippen LogP contribution is -2.40. The number of hydrogen-bond acceptors (Lipinski definition) is 4. The molecule has 0 amide bonds. The summed E-state index contributed by atoms with van der Waals surface area (Å²) < 4.78 is 29.5. The van der Waals surface area contributed by atoms with Crippen LogP contribution in [-0.2, 0) is 25.5 Å². The van der Waals surface area contributed by atoms with Gasteiger partial charge in [-0.3, -0.25) is 0 Å². The van der Waals surface area contributed by atoms with E-state index in [9.17, 15) is 18.3 Å². The van der Waals surface area contributed by atoms with Crippen molar-refractivity contribution in [2.75, 3.05) is 0 Å². The molecule has 1 aliphatic rings. The average molecular weight is 298 g/mol. The van der Waals surface area contributed by atoms with E-state index in [4.69, 9.17) is 4.18 Å². The molecule has 1 aliphatic carbocycles. The number of aryl methyl sites for hydroxylation is 1. The molecule has 20 heavy (non-hydrogen) atoms. The van der Waals surface area contributed by atoms with Crippen LogP contribution < -0.4 is 0 Å². The van der Waals surface area contributed by atoms with Crippen molar-refractivity contribution >= 4 is 16.1 Å². The molecule has 1 N–H and O–H groups in total. The van der Waals surface area contributed by atoms with Gasteiger partial charge in [-0.25, -0.2) is 8.98 Å². The van der Waals surface area contributed by atoms with Gasteiger partial charge in [0.2, 0.25) is 0 Å². The van der Waals surface area contributed by atoms with Crippen molar-refractivity contribution in [3.8, 4) is 0 Å². The van der Waals surface area contributed by atoms with Gasteiger partial charge in [0.25, 0.3) is 10.1 Å². The molecule has 0 spiro atoms. The molecule has 0 saturated heterocycles. The van der Waals surface area contributed by atoms with Gasteiger partial charge in [0.05, 0.1) is 4.90 Å². The Bertz CT molecular complexity index is 582. The fraction of sp³-hybridized carbons (Fsp3) is 0.500. The summed E-state index contributed by atoms with van der Waals surface area (Å²) in [5.74, 6) is -1.20. The smallest absolute Gasteiger partial charge is 0.337 e. The highest BCUT2D eigenvalue weighted by atomic mass is 32.2. The molecular formula is C14H18O5S. The van der Waals surface area contributed by atoms with Crippen molar-refractivity contribution in [1.29, 1.82) is 0 Å². The summed E-state index contributed by atoms with van der Waals surface area (Å²) in [6.45, 7) is 1.97. The molecule has 0 unspecified atom stereocenters. The fourth-order valence-corrected chi connectivity index (χ4v) is 3.65. The standard InChI is InChI=1S/C14H18O5S/c1-2-11-5-7-12(8-6-11)20(17,18)19-14(13(15)16)9-3-4-10-14/h5-8H,2-4,9-10H2,1H3,(H,15,16). The number of carbonyl (C=O) groups is 1. The second-order valence-corrected chi connectivity index (χ2v) is 6.59. The molecule has 1 fully saturated rings. The average Bonchev–Trinajstić information content (AvgIpc) is 2.88. The number of benzene rings is 1. The summed E-state index contributed by atoms with van der Waals surface area (Å²) in [4.78, 5) is 11.3. The Hall–Kier alpha value is -1.40. The Morgan fingerprint density at radius 3 is 2.25 bits per heavy atom. The van der Waals surface area contributed by atoms with Crippen LogP contribution >= 0.6 is 0 Å². The van der Waals surface area contributed by atoms with Gasteiger partial charge in [0.15, 0.2) is 5.60 Å². The minimum atomic E-state index is -4.05. The van der Waals surface area contributed by atoms with Crippen LogP contribution in [0.25, 0.3) is 0 Å². The van der Waals surface area contributed by atoms with Gasteiger partial charge < -0.3 is 5.11 Å². The first-order chi connectivity index (χ1) is 9.39. The predicted molar refractivity (Wildman–Crippen MR) is 72.9 cm³/mol. The zero-order chi connectivity index (χ0) is 14.8. The first-order valence-electron chi connectivity index (χ1n) is 6.68. The van der Waals surface area contributed by atoms with Crippen LogP contribution in [0.4, 0.5) is 0 Å². The van der Waals surface area contributed by atoms with E-state index in [0.29, 0.717) is 12.8 Å². The minimum absolute atomic E-state index is 0.00206. The number of carboxylic acids is 1. The molecule has 0 radical (unpaired) electrons. The molecule has 5 nitrogen and oxygen atoms in total. The van der Waals surface area contributed by atoms with Gasteiger partial charge in [0.1, 0.15) is 0 Å². The third kappa shape index (κ3) is 2.86. The maximum atomic E-state index is 12.2. The van der Waals surface area contributed by atoms with Crippen molar-refractivity contribution in [2.45, 2.75) is 49.5 Å². The first kappa shape index (κ1) is 15.0. The number of hydrogen-bond donors (Lipinski definition) is 1. The van der Waals surface area contributed by atoms with Crippen LogP contribution in [0, 0.1) is 0 Å². The first-order valence-corrected chi connectivity index (χ1v) is 8.08. The molecule has 2 rings (SSSR count). The van der Waals surface area contributed by atoms with E-state index in [1.165, 1.54) is 12.1 Å². The van der Waals surface area contributed by atoms with Crippen molar-refractivity contribution in [3.05, 3.63) is 29.8 Å². The molecule has 1 saturated carbocycles. The van der Waals surface area contributed by atoms with Gasteiger partial charge in [-0.05, 0) is 49.8 Å². The summed E-state index contributed by atoms with van der Waals surface area (Å²) in [6, 6.07) is 6.33. The summed E-state index contributed by atoms with van der Waals surface area (Å²) in [6.07, 6.45) is 2.59. The maximum Gasteiger partial charge on any atom is 0.337 e. The van der Waals surface area contributed by atoms with E-state index in [-0.39, 0.29) is 17.7 Å². The zero-order valence-electron chi connectivity index (χ0n) is 11.3. The fourth-order valence-electron chi connectivity index (χ4n) is 2.43. The Labute approximate surface area is 118 Å². The lowest BCUT2D eigenvalue weighted by atomic mass is 10.0. The molecule has 0 bridgehead atoms. The van der Waals surface area contributed by atoms with E-state index in [1.54, 1.807) is 12.1 Å². The second-order valence-electron chi connectivity index (χ2n) is 5.04. The molecule has 0 heterocycles. The summed E-state index contributed by atoms with van der Waals surface area (Å²) in [5, 5.41) is 9.27. The maximum absolute atomic E-state index is 12.2. The molecular weight excluding hydrogens is 280 g/mol. The monoisotopic (exact) mass is 298 g/mol. The summed E-state index contributed by atoms with van der Waals surface area (Å²) in [7, 11) is -4.05. The number of aliphatic carboxylic acids is 1. The van der Waals surface area contributed by atoms with Crippen molar-refractivity contribution in [2.24, 2.45) is 0 Å². The molecule has 1 aromatic rings. The van der Waals surface area contributed by atoms with Crippen LogP contribution in [0.5, 0.6) is 0 Å². The van der Waals surface area contributed by atoms with Crippen LogP contribution in [0.1, 0.15) is 38.2 Å². The van der Waals surface area contributed by atoms with E-state index in [1.807, 2.05) is 6.92 Å². The largest absolute Gasteiger partial charge is 0.479 e. The van der Waals surface area contributed by atoms with Crippen molar-refractivity contribution < 1.29 is 22.5 Å². The lowest BCUT2D eigenvalue weighted by molar-refractivity contribution is -0.154. The third-order valence-electron chi connectivity index (χ3n) is 3.69. The topological polar surface area (TPSA) is 80.7 Å². The molecule has 0 aliphatic heterocycles. The van der Waals surface area contributed by atoms with E-state index >= 15 is 0 Å². The van der Waals surface area contributed by atoms with Gasteiger partial charge in [-0.1, -0.05) is 19.1 Å². The van der Waals surface area contributed by atoms with Crippen LogP contribution in [0.15, 0.2) is 29.2 Å². The third-order valence-corrected chi connectivity index (χ3v) is 5.08. The highest BCUT2D eigenvalue weighted by Crippen LogP contribution is 2.36. The Morgan fingerprint density at radius 2 is 1.80 bits per heavy atom. The number of carboxylic acid groups (broad SMARTS) is 1. The molecule has 0 atom stereocenters. The highest BCUT2D eigenvalue weighted by molar-refractivity contribution is 7.86. The summed E-state index contributed by atoms with van der Waals surface area (Å²) in [5.41, 5.74) is -0.583. The molecule has 0 aromatic heterocycles. The highest BCUT2D eigenvalue weighted by Gasteiger charge is 2.46. The molecule has 6 heteroatoms. The van der Waals surface area contributed by atoms with Crippen LogP contribution in [-0.4, -0.2) is 25.1 Å². The van der Waals surface area contributed by atoms with Crippen LogP contribution in [0.3, 0.4) is 0 Å². The van der Waals surface area contributed by atoms with E-state index < -0.39 is 21.7 Å². The van der Waals surface area contributed by atoms with Crippen LogP contribution in [0.2, 0.25) is 0 Å². The van der Waals surface area contributed by atoms with Crippen molar-refractivity contribution in [1.82, 2.24) is 0 Å². The van der Waals surface area contributed by atoms with Gasteiger partial charge in [0, 0.05) is 0 Å². The quantitative estimate of drug-likeness (QED) is 0.844. The van der Waals surface area contributed by atoms with Gasteiger partial charge in [-0.2, -0.15) is 8.42 Å². The lowest BCUT2D eigenvalue weighted by Gasteiger charge is -2.23. The Kier molecular flexibility index (Phi) is 4.15. The van der Waals surface area contributed by atoms with Crippen molar-refractivity contribution in [3.63, 3.8) is 0 Å². The van der Waals surface area contributed by atoms with Gasteiger partial charge >= 0.3 is 5.97 Å².